The second-order valence-corrected chi connectivity index (χ2v) is 6.60. The minimum Gasteiger partial charge on any atom is -0.351 e. The van der Waals surface area contributed by atoms with Crippen molar-refractivity contribution in [1.29, 1.82) is 0 Å². The van der Waals surface area contributed by atoms with Gasteiger partial charge >= 0.3 is 6.03 Å². The molecule has 5 N–H and O–H groups in total. The van der Waals surface area contributed by atoms with Gasteiger partial charge in [-0.3, -0.25) is 4.79 Å². The number of carbonyl (C=O) groups is 2. The first-order valence-electron chi connectivity index (χ1n) is 8.24. The van der Waals surface area contributed by atoms with E-state index in [9.17, 15) is 9.59 Å². The first-order valence-corrected chi connectivity index (χ1v) is 8.24. The van der Waals surface area contributed by atoms with Gasteiger partial charge < -0.3 is 21.7 Å². The number of nitrogens with one attached hydrogen (secondary N) is 3. The van der Waals surface area contributed by atoms with Gasteiger partial charge in [0.2, 0.25) is 5.91 Å². The molecule has 1 aliphatic heterocycles. The Kier molecular flexibility index (Phi) is 6.07. The maximum absolute atomic E-state index is 12.8. The van der Waals surface area contributed by atoms with Crippen molar-refractivity contribution < 1.29 is 9.59 Å². The number of nitrogens with two attached hydrogens (primary N) is 1. The van der Waals surface area contributed by atoms with Gasteiger partial charge in [-0.15, -0.1) is 12.4 Å². The molecule has 2 aliphatic rings. The lowest BCUT2D eigenvalue weighted by Gasteiger charge is -2.37. The van der Waals surface area contributed by atoms with Crippen molar-refractivity contribution in [2.45, 2.75) is 32.2 Å². The van der Waals surface area contributed by atoms with E-state index in [1.807, 2.05) is 12.1 Å². The van der Waals surface area contributed by atoms with Gasteiger partial charge in [-0.05, 0) is 43.0 Å². The molecular weight excluding hydrogens is 328 g/mol. The summed E-state index contributed by atoms with van der Waals surface area (Å²) < 4.78 is 0. The standard InChI is InChI=1S/C17H24N4O2.ClH/c18-16(23)21-14-6-4-12(5-7-14)9-20-15(22)17-8-2-1-3-13(17)10-19-11-17;/h4-7,13,19H,1-3,8-11H2,(H,20,22)(H3,18,21,23);1H/t13-,17+;/m0./s1. The van der Waals surface area contributed by atoms with Crippen LogP contribution in [-0.4, -0.2) is 25.0 Å². The van der Waals surface area contributed by atoms with Crippen molar-refractivity contribution in [3.63, 3.8) is 0 Å². The van der Waals surface area contributed by atoms with E-state index in [0.29, 0.717) is 18.2 Å². The van der Waals surface area contributed by atoms with Gasteiger partial charge in [0.25, 0.3) is 0 Å². The van der Waals surface area contributed by atoms with Crippen LogP contribution in [-0.2, 0) is 11.3 Å². The number of benzene rings is 1. The zero-order valence-electron chi connectivity index (χ0n) is 13.6. The van der Waals surface area contributed by atoms with Crippen LogP contribution in [0, 0.1) is 11.3 Å². The largest absolute Gasteiger partial charge is 0.351 e. The first-order chi connectivity index (χ1) is 11.1. The fraction of sp³-hybridized carbons (Fsp3) is 0.529. The highest BCUT2D eigenvalue weighted by molar-refractivity contribution is 5.87. The van der Waals surface area contributed by atoms with E-state index >= 15 is 0 Å². The Morgan fingerprint density at radius 3 is 2.71 bits per heavy atom. The van der Waals surface area contributed by atoms with Crippen molar-refractivity contribution in [3.05, 3.63) is 29.8 Å². The summed E-state index contributed by atoms with van der Waals surface area (Å²) in [6.45, 7) is 2.26. The third-order valence-electron chi connectivity index (χ3n) is 5.16. The molecule has 24 heavy (non-hydrogen) atoms. The predicted octanol–water partition coefficient (Wildman–Crippen LogP) is 1.99. The fourth-order valence-electron chi connectivity index (χ4n) is 3.90. The van der Waals surface area contributed by atoms with Gasteiger partial charge in [-0.25, -0.2) is 4.79 Å². The van der Waals surface area contributed by atoms with E-state index in [-0.39, 0.29) is 23.7 Å². The minimum absolute atomic E-state index is 0. The topological polar surface area (TPSA) is 96.2 Å². The summed E-state index contributed by atoms with van der Waals surface area (Å²) in [7, 11) is 0. The number of carbonyl (C=O) groups excluding carboxylic acids is 2. The second kappa shape index (κ2) is 7.85. The van der Waals surface area contributed by atoms with Crippen LogP contribution < -0.4 is 21.7 Å². The van der Waals surface area contributed by atoms with E-state index in [0.717, 1.165) is 37.9 Å². The lowest BCUT2D eigenvalue weighted by molar-refractivity contribution is -0.134. The zero-order chi connectivity index (χ0) is 16.3. The number of halogens is 1. The third-order valence-corrected chi connectivity index (χ3v) is 5.16. The van der Waals surface area contributed by atoms with Crippen LogP contribution in [0.3, 0.4) is 0 Å². The van der Waals surface area contributed by atoms with Gasteiger partial charge in [-0.1, -0.05) is 25.0 Å². The molecule has 2 fully saturated rings. The Morgan fingerprint density at radius 1 is 1.25 bits per heavy atom. The van der Waals surface area contributed by atoms with E-state index < -0.39 is 6.03 Å². The predicted molar refractivity (Wildman–Crippen MR) is 96.0 cm³/mol. The lowest BCUT2D eigenvalue weighted by Crippen LogP contribution is -2.47. The summed E-state index contributed by atoms with van der Waals surface area (Å²) in [5, 5.41) is 9.02. The van der Waals surface area contributed by atoms with Gasteiger partial charge in [-0.2, -0.15) is 0 Å². The maximum atomic E-state index is 12.8. The van der Waals surface area contributed by atoms with Gasteiger partial charge in [0, 0.05) is 18.8 Å². The summed E-state index contributed by atoms with van der Waals surface area (Å²) in [6.07, 6.45) is 4.50. The van der Waals surface area contributed by atoms with E-state index in [1.54, 1.807) is 12.1 Å². The Labute approximate surface area is 148 Å². The Morgan fingerprint density at radius 2 is 2.00 bits per heavy atom. The molecule has 1 aliphatic carbocycles. The molecule has 7 heteroatoms. The number of hydrogen-bond donors (Lipinski definition) is 4. The van der Waals surface area contributed by atoms with Crippen LogP contribution in [0.1, 0.15) is 31.2 Å². The Hall–Kier alpha value is -1.79. The summed E-state index contributed by atoms with van der Waals surface area (Å²) in [4.78, 5) is 23.6. The van der Waals surface area contributed by atoms with Crippen molar-refractivity contribution in [1.82, 2.24) is 10.6 Å². The van der Waals surface area contributed by atoms with Crippen molar-refractivity contribution >= 4 is 30.0 Å². The minimum atomic E-state index is -0.581. The monoisotopic (exact) mass is 352 g/mol. The van der Waals surface area contributed by atoms with Crippen molar-refractivity contribution in [3.8, 4) is 0 Å². The Balaban J connectivity index is 0.00000208. The summed E-state index contributed by atoms with van der Waals surface area (Å²) in [5.74, 6) is 0.643. The highest BCUT2D eigenvalue weighted by Gasteiger charge is 2.49. The number of primary amides is 1. The quantitative estimate of drug-likeness (QED) is 0.667. The number of amides is 3. The average molecular weight is 353 g/mol. The molecule has 0 spiro atoms. The second-order valence-electron chi connectivity index (χ2n) is 6.60. The molecule has 0 radical (unpaired) electrons. The zero-order valence-corrected chi connectivity index (χ0v) is 14.5. The van der Waals surface area contributed by atoms with Crippen LogP contribution >= 0.6 is 12.4 Å². The molecule has 2 atom stereocenters. The number of rotatable bonds is 4. The smallest absolute Gasteiger partial charge is 0.316 e. The number of anilines is 1. The first kappa shape index (κ1) is 18.5. The van der Waals surface area contributed by atoms with Crippen LogP contribution in [0.5, 0.6) is 0 Å². The van der Waals surface area contributed by atoms with Gasteiger partial charge in [0.15, 0.2) is 0 Å². The third kappa shape index (κ3) is 3.82. The average Bonchev–Trinajstić information content (AvgIpc) is 2.98. The fourth-order valence-corrected chi connectivity index (χ4v) is 3.90. The van der Waals surface area contributed by atoms with Crippen LogP contribution in [0.15, 0.2) is 24.3 Å². The molecule has 0 aromatic heterocycles. The molecule has 3 amide bonds. The molecule has 0 bridgehead atoms. The molecule has 1 heterocycles. The number of hydrogen-bond acceptors (Lipinski definition) is 3. The molecular formula is C17H25ClN4O2. The molecule has 1 saturated heterocycles. The molecule has 1 aromatic rings. The summed E-state index contributed by atoms with van der Waals surface area (Å²) in [5.41, 5.74) is 6.52. The SMILES string of the molecule is Cl.NC(=O)Nc1ccc(CNC(=O)[C@@]23CCCC[C@H]2CNC3)cc1. The van der Waals surface area contributed by atoms with E-state index in [1.165, 1.54) is 6.42 Å². The highest BCUT2D eigenvalue weighted by atomic mass is 35.5. The van der Waals surface area contributed by atoms with Gasteiger partial charge in [0.05, 0.1) is 5.41 Å². The Bertz CT molecular complexity index is 593. The maximum Gasteiger partial charge on any atom is 0.316 e. The molecule has 3 rings (SSSR count). The van der Waals surface area contributed by atoms with Crippen molar-refractivity contribution in [2.24, 2.45) is 17.1 Å². The molecule has 1 saturated carbocycles. The van der Waals surface area contributed by atoms with Crippen molar-refractivity contribution in [2.75, 3.05) is 18.4 Å². The number of urea groups is 1. The number of fused-ring (bicyclic) bond motifs is 1. The summed E-state index contributed by atoms with van der Waals surface area (Å²) >= 11 is 0. The molecule has 132 valence electrons. The van der Waals surface area contributed by atoms with E-state index in [2.05, 4.69) is 16.0 Å². The van der Waals surface area contributed by atoms with E-state index in [4.69, 9.17) is 5.73 Å². The van der Waals surface area contributed by atoms with Crippen LogP contribution in [0.25, 0.3) is 0 Å². The highest BCUT2D eigenvalue weighted by Crippen LogP contribution is 2.43. The summed E-state index contributed by atoms with van der Waals surface area (Å²) in [6, 6.07) is 6.75. The molecule has 6 nitrogen and oxygen atoms in total. The molecule has 0 unspecified atom stereocenters. The van der Waals surface area contributed by atoms with Crippen LogP contribution in [0.4, 0.5) is 10.5 Å². The van der Waals surface area contributed by atoms with Crippen LogP contribution in [0.2, 0.25) is 0 Å². The normalized spacial score (nSPS) is 25.2. The molecule has 1 aromatic carbocycles. The van der Waals surface area contributed by atoms with Gasteiger partial charge in [0.1, 0.15) is 0 Å². The lowest BCUT2D eigenvalue weighted by atomic mass is 9.67.